The highest BCUT2D eigenvalue weighted by molar-refractivity contribution is 5.91. The van der Waals surface area contributed by atoms with E-state index in [-0.39, 0.29) is 5.91 Å². The molecule has 10 nitrogen and oxygen atoms in total. The summed E-state index contributed by atoms with van der Waals surface area (Å²) in [7, 11) is 0. The maximum Gasteiger partial charge on any atom is 0.252 e. The zero-order valence-corrected chi connectivity index (χ0v) is 14.9. The second-order valence-corrected chi connectivity index (χ2v) is 6.09. The van der Waals surface area contributed by atoms with Gasteiger partial charge in [-0.05, 0) is 54.5 Å². The first-order chi connectivity index (χ1) is 13.1. The van der Waals surface area contributed by atoms with Crippen molar-refractivity contribution in [3.05, 3.63) is 53.9 Å². The maximum atomic E-state index is 12.4. The molecule has 0 radical (unpaired) electrons. The predicted molar refractivity (Wildman–Crippen MR) is 96.4 cm³/mol. The van der Waals surface area contributed by atoms with Crippen LogP contribution in [0.1, 0.15) is 23.4 Å². The fraction of sp³-hybridized carbons (Fsp3) is 0.235. The molecule has 27 heavy (non-hydrogen) atoms. The number of nitrogens with zero attached hydrogens (tertiary/aromatic N) is 8. The van der Waals surface area contributed by atoms with Crippen LogP contribution in [-0.2, 0) is 11.2 Å². The zero-order valence-electron chi connectivity index (χ0n) is 14.9. The molecular weight excluding hydrogens is 346 g/mol. The average molecular weight is 363 g/mol. The van der Waals surface area contributed by atoms with Crippen molar-refractivity contribution >= 4 is 17.4 Å². The Balaban J connectivity index is 1.46. The Hall–Kier alpha value is -3.69. The van der Waals surface area contributed by atoms with Gasteiger partial charge in [-0.25, -0.2) is 14.2 Å². The topological polar surface area (TPSA) is 116 Å². The highest BCUT2D eigenvalue weighted by Crippen LogP contribution is 2.17. The van der Waals surface area contributed by atoms with Gasteiger partial charge >= 0.3 is 0 Å². The predicted octanol–water partition coefficient (Wildman–Crippen LogP) is 1.29. The summed E-state index contributed by atoms with van der Waals surface area (Å²) >= 11 is 0. The number of amides is 1. The van der Waals surface area contributed by atoms with Crippen LogP contribution in [0.15, 0.2) is 36.9 Å². The van der Waals surface area contributed by atoms with Gasteiger partial charge in [-0.1, -0.05) is 6.07 Å². The summed E-state index contributed by atoms with van der Waals surface area (Å²) in [5.41, 5.74) is 4.27. The van der Waals surface area contributed by atoms with Gasteiger partial charge in [0.25, 0.3) is 5.78 Å². The van der Waals surface area contributed by atoms with Crippen LogP contribution in [-0.4, -0.2) is 45.7 Å². The van der Waals surface area contributed by atoms with Gasteiger partial charge in [-0.15, -0.1) is 5.10 Å². The Morgan fingerprint density at radius 3 is 2.96 bits per heavy atom. The number of hydrogen-bond donors (Lipinski definition) is 1. The maximum absolute atomic E-state index is 12.4. The lowest BCUT2D eigenvalue weighted by Crippen LogP contribution is -2.14. The summed E-state index contributed by atoms with van der Waals surface area (Å²) in [6.45, 7) is 3.88. The second-order valence-electron chi connectivity index (χ2n) is 6.09. The van der Waals surface area contributed by atoms with Crippen molar-refractivity contribution in [2.75, 3.05) is 5.32 Å². The van der Waals surface area contributed by atoms with Crippen molar-refractivity contribution in [1.82, 2.24) is 39.8 Å². The largest absolute Gasteiger partial charge is 0.326 e. The van der Waals surface area contributed by atoms with Gasteiger partial charge in [-0.2, -0.15) is 10.1 Å². The molecule has 0 aliphatic carbocycles. The first-order valence-electron chi connectivity index (χ1n) is 8.41. The van der Waals surface area contributed by atoms with Crippen LogP contribution in [0.3, 0.4) is 0 Å². The third kappa shape index (κ3) is 3.36. The number of hydrogen-bond acceptors (Lipinski definition) is 7. The molecule has 4 rings (SSSR count). The first kappa shape index (κ1) is 16.8. The van der Waals surface area contributed by atoms with E-state index in [4.69, 9.17) is 0 Å². The van der Waals surface area contributed by atoms with Gasteiger partial charge in [0.05, 0.1) is 5.69 Å². The van der Waals surface area contributed by atoms with E-state index in [0.29, 0.717) is 24.3 Å². The van der Waals surface area contributed by atoms with Crippen LogP contribution >= 0.6 is 0 Å². The molecule has 0 unspecified atom stereocenters. The zero-order chi connectivity index (χ0) is 18.8. The lowest BCUT2D eigenvalue weighted by Gasteiger charge is -2.11. The number of aryl methyl sites for hydroxylation is 2. The molecule has 0 bridgehead atoms. The molecule has 10 heteroatoms. The fourth-order valence-electron chi connectivity index (χ4n) is 2.98. The van der Waals surface area contributed by atoms with E-state index in [2.05, 4.69) is 35.9 Å². The number of fused-ring (bicyclic) bond motifs is 1. The molecule has 0 aliphatic heterocycles. The number of carbonyl (C=O) groups excluding carboxylic acids is 1. The Labute approximate surface area is 154 Å². The number of carbonyl (C=O) groups is 1. The van der Waals surface area contributed by atoms with Crippen LogP contribution in [0.5, 0.6) is 0 Å². The van der Waals surface area contributed by atoms with E-state index in [9.17, 15) is 4.79 Å². The van der Waals surface area contributed by atoms with E-state index in [1.54, 1.807) is 4.52 Å². The summed E-state index contributed by atoms with van der Waals surface area (Å²) in [6, 6.07) is 7.33. The van der Waals surface area contributed by atoms with Gasteiger partial charge in [0.1, 0.15) is 12.7 Å². The Bertz CT molecular complexity index is 1100. The summed E-state index contributed by atoms with van der Waals surface area (Å²) in [5.74, 6) is 0.485. The van der Waals surface area contributed by atoms with Crippen molar-refractivity contribution in [1.29, 1.82) is 0 Å². The third-order valence-corrected chi connectivity index (χ3v) is 4.33. The monoisotopic (exact) mass is 363 g/mol. The van der Waals surface area contributed by atoms with Crippen LogP contribution in [0.25, 0.3) is 11.5 Å². The molecule has 136 valence electrons. The Kier molecular flexibility index (Phi) is 4.29. The third-order valence-electron chi connectivity index (χ3n) is 4.33. The second kappa shape index (κ2) is 6.90. The molecule has 4 aromatic rings. The molecule has 3 heterocycles. The van der Waals surface area contributed by atoms with Gasteiger partial charge in [0, 0.05) is 23.5 Å². The molecule has 0 aliphatic rings. The standard InChI is InChI=1S/C17H17N9O/c1-11-15(12(2)26-17(21-11)18-9-20-26)6-7-16(27)22-13-4-3-5-14(8-13)25-10-19-23-24-25/h3-5,8-10H,6-7H2,1-2H3,(H,22,27). The van der Waals surface area contributed by atoms with Crippen LogP contribution in [0.2, 0.25) is 0 Å². The lowest BCUT2D eigenvalue weighted by molar-refractivity contribution is -0.116. The number of tetrazole rings is 1. The summed E-state index contributed by atoms with van der Waals surface area (Å²) in [4.78, 5) is 20.9. The van der Waals surface area contributed by atoms with Crippen LogP contribution in [0.4, 0.5) is 5.69 Å². The van der Waals surface area contributed by atoms with Crippen molar-refractivity contribution in [2.45, 2.75) is 26.7 Å². The van der Waals surface area contributed by atoms with Gasteiger partial charge in [0.2, 0.25) is 5.91 Å². The molecule has 1 N–H and O–H groups in total. The smallest absolute Gasteiger partial charge is 0.252 e. The number of aromatic nitrogens is 8. The Morgan fingerprint density at radius 2 is 2.15 bits per heavy atom. The number of anilines is 1. The van der Waals surface area contributed by atoms with E-state index >= 15 is 0 Å². The van der Waals surface area contributed by atoms with Crippen molar-refractivity contribution in [3.63, 3.8) is 0 Å². The van der Waals surface area contributed by atoms with Crippen molar-refractivity contribution in [3.8, 4) is 5.69 Å². The summed E-state index contributed by atoms with van der Waals surface area (Å²) < 4.78 is 3.22. The molecule has 3 aromatic heterocycles. The molecule has 0 saturated heterocycles. The van der Waals surface area contributed by atoms with E-state index in [0.717, 1.165) is 22.6 Å². The number of benzene rings is 1. The minimum Gasteiger partial charge on any atom is -0.326 e. The van der Waals surface area contributed by atoms with Crippen LogP contribution < -0.4 is 5.32 Å². The van der Waals surface area contributed by atoms with Gasteiger partial charge in [-0.3, -0.25) is 4.79 Å². The highest BCUT2D eigenvalue weighted by Gasteiger charge is 2.13. The Morgan fingerprint density at radius 1 is 1.26 bits per heavy atom. The molecule has 1 aromatic carbocycles. The SMILES string of the molecule is Cc1nc2ncnn2c(C)c1CCC(=O)Nc1cccc(-n2cnnn2)c1. The molecule has 0 saturated carbocycles. The lowest BCUT2D eigenvalue weighted by atomic mass is 10.1. The average Bonchev–Trinajstić information content (AvgIpc) is 3.33. The normalized spacial score (nSPS) is 11.0. The van der Waals surface area contributed by atoms with E-state index in [1.165, 1.54) is 17.3 Å². The quantitative estimate of drug-likeness (QED) is 0.568. The summed E-state index contributed by atoms with van der Waals surface area (Å²) in [6.07, 6.45) is 3.88. The molecular formula is C17H17N9O. The fourth-order valence-corrected chi connectivity index (χ4v) is 2.98. The molecule has 0 atom stereocenters. The van der Waals surface area contributed by atoms with E-state index < -0.39 is 0 Å². The van der Waals surface area contributed by atoms with Crippen molar-refractivity contribution in [2.24, 2.45) is 0 Å². The molecule has 0 fully saturated rings. The first-order valence-corrected chi connectivity index (χ1v) is 8.41. The molecule has 0 spiro atoms. The van der Waals surface area contributed by atoms with Gasteiger partial charge < -0.3 is 5.32 Å². The minimum atomic E-state index is -0.0821. The summed E-state index contributed by atoms with van der Waals surface area (Å²) in [5, 5.41) is 18.2. The van der Waals surface area contributed by atoms with Gasteiger partial charge in [0.15, 0.2) is 0 Å². The highest BCUT2D eigenvalue weighted by atomic mass is 16.1. The number of rotatable bonds is 5. The molecule has 1 amide bonds. The number of nitrogens with one attached hydrogen (secondary N) is 1. The minimum absolute atomic E-state index is 0.0821. The van der Waals surface area contributed by atoms with Crippen molar-refractivity contribution < 1.29 is 4.79 Å². The van der Waals surface area contributed by atoms with Crippen LogP contribution in [0, 0.1) is 13.8 Å². The van der Waals surface area contributed by atoms with E-state index in [1.807, 2.05) is 38.1 Å².